The summed E-state index contributed by atoms with van der Waals surface area (Å²) in [7, 11) is 0. The number of aromatic amines is 1. The van der Waals surface area contributed by atoms with E-state index in [1.165, 1.54) is 22.4 Å². The van der Waals surface area contributed by atoms with Crippen LogP contribution >= 0.6 is 0 Å². The molecule has 7 heteroatoms. The molecule has 0 amide bonds. The number of aromatic nitrogens is 5. The second-order valence-electron chi connectivity index (χ2n) is 7.20. The molecule has 3 aromatic heterocycles. The quantitative estimate of drug-likeness (QED) is 0.776. The minimum absolute atomic E-state index is 0.228. The largest absolute Gasteiger partial charge is 0.334 e. The van der Waals surface area contributed by atoms with Gasteiger partial charge in [-0.1, -0.05) is 19.9 Å². The maximum Gasteiger partial charge on any atom is 0.334 e. The third-order valence-corrected chi connectivity index (χ3v) is 4.64. The molecule has 0 bridgehead atoms. The van der Waals surface area contributed by atoms with Gasteiger partial charge < -0.3 is 0 Å². The first kappa shape index (κ1) is 15.6. The third kappa shape index (κ3) is 2.82. The van der Waals surface area contributed by atoms with Gasteiger partial charge in [0.05, 0.1) is 0 Å². The molecule has 1 N–H and O–H groups in total. The fraction of sp³-hybridized carbons (Fsp3) is 0.333. The number of imidazole rings is 1. The van der Waals surface area contributed by atoms with Crippen LogP contribution in [0.2, 0.25) is 0 Å². The zero-order valence-electron chi connectivity index (χ0n) is 14.2. The number of rotatable bonds is 2. The zero-order chi connectivity index (χ0) is 17.6. The SMILES string of the molecule is CC1(C)CCC=C(c2cc(-n3ccc(=O)[nH]c3=O)nn3ccnc23)C1. The van der Waals surface area contributed by atoms with Crippen LogP contribution in [0, 0.1) is 5.41 Å². The van der Waals surface area contributed by atoms with Crippen molar-refractivity contribution in [3.8, 4) is 5.82 Å². The Hall–Kier alpha value is -2.96. The second-order valence-corrected chi connectivity index (χ2v) is 7.20. The third-order valence-electron chi connectivity index (χ3n) is 4.64. The molecule has 0 saturated carbocycles. The molecule has 128 valence electrons. The van der Waals surface area contributed by atoms with Gasteiger partial charge in [-0.15, -0.1) is 5.10 Å². The van der Waals surface area contributed by atoms with Gasteiger partial charge in [-0.25, -0.2) is 14.3 Å². The van der Waals surface area contributed by atoms with E-state index in [0.29, 0.717) is 5.82 Å². The first-order valence-corrected chi connectivity index (χ1v) is 8.29. The summed E-state index contributed by atoms with van der Waals surface area (Å²) in [6.07, 6.45) is 10.3. The highest BCUT2D eigenvalue weighted by molar-refractivity contribution is 5.77. The van der Waals surface area contributed by atoms with Gasteiger partial charge in [-0.3, -0.25) is 14.3 Å². The average Bonchev–Trinajstić information content (AvgIpc) is 3.01. The monoisotopic (exact) mass is 337 g/mol. The lowest BCUT2D eigenvalue weighted by Crippen LogP contribution is -2.28. The zero-order valence-corrected chi connectivity index (χ0v) is 14.2. The Morgan fingerprint density at radius 3 is 2.84 bits per heavy atom. The predicted octanol–water partition coefficient (Wildman–Crippen LogP) is 2.16. The van der Waals surface area contributed by atoms with Crippen molar-refractivity contribution in [2.24, 2.45) is 5.41 Å². The molecule has 0 unspecified atom stereocenters. The van der Waals surface area contributed by atoms with Crippen LogP contribution in [0.1, 0.15) is 38.7 Å². The number of hydrogen-bond acceptors (Lipinski definition) is 4. The fourth-order valence-electron chi connectivity index (χ4n) is 3.37. The summed E-state index contributed by atoms with van der Waals surface area (Å²) in [4.78, 5) is 30.1. The summed E-state index contributed by atoms with van der Waals surface area (Å²) in [5.41, 5.74) is 2.25. The molecule has 7 nitrogen and oxygen atoms in total. The van der Waals surface area contributed by atoms with Gasteiger partial charge in [0.15, 0.2) is 11.5 Å². The van der Waals surface area contributed by atoms with E-state index < -0.39 is 11.2 Å². The van der Waals surface area contributed by atoms with Crippen molar-refractivity contribution in [3.05, 3.63) is 63.2 Å². The lowest BCUT2D eigenvalue weighted by Gasteiger charge is -2.30. The molecule has 0 spiro atoms. The van der Waals surface area contributed by atoms with E-state index in [4.69, 9.17) is 0 Å². The topological polar surface area (TPSA) is 85.0 Å². The van der Waals surface area contributed by atoms with Crippen molar-refractivity contribution >= 4 is 11.2 Å². The highest BCUT2D eigenvalue weighted by Gasteiger charge is 2.25. The van der Waals surface area contributed by atoms with E-state index in [2.05, 4.69) is 35.0 Å². The molecule has 0 aliphatic heterocycles. The highest BCUT2D eigenvalue weighted by atomic mass is 16.2. The van der Waals surface area contributed by atoms with Crippen molar-refractivity contribution in [1.82, 2.24) is 24.1 Å². The first-order chi connectivity index (χ1) is 11.9. The Labute approximate surface area is 143 Å². The van der Waals surface area contributed by atoms with E-state index in [0.717, 1.165) is 30.5 Å². The van der Waals surface area contributed by atoms with Crippen LogP contribution in [0.3, 0.4) is 0 Å². The van der Waals surface area contributed by atoms with Crippen LogP contribution in [0.15, 0.2) is 46.4 Å². The van der Waals surface area contributed by atoms with Crippen LogP contribution in [0.5, 0.6) is 0 Å². The standard InChI is InChI=1S/C18H19N5O2/c1-18(2)6-3-4-12(11-18)13-10-14(21-23-9-7-19-16(13)23)22-8-5-15(24)20-17(22)25/h4-5,7-10H,3,6,11H2,1-2H3,(H,20,24,25). The van der Waals surface area contributed by atoms with Gasteiger partial charge in [0, 0.05) is 30.2 Å². The minimum Gasteiger partial charge on any atom is -0.274 e. The number of H-pyrrole nitrogens is 1. The second kappa shape index (κ2) is 5.54. The lowest BCUT2D eigenvalue weighted by molar-refractivity contribution is 0.338. The van der Waals surface area contributed by atoms with E-state index in [1.807, 2.05) is 6.07 Å². The van der Waals surface area contributed by atoms with E-state index in [9.17, 15) is 9.59 Å². The molecular weight excluding hydrogens is 318 g/mol. The van der Waals surface area contributed by atoms with Gasteiger partial charge in [0.2, 0.25) is 0 Å². The number of allylic oxidation sites excluding steroid dienone is 2. The van der Waals surface area contributed by atoms with Crippen LogP contribution < -0.4 is 11.2 Å². The summed E-state index contributed by atoms with van der Waals surface area (Å²) in [5.74, 6) is 0.450. The van der Waals surface area contributed by atoms with Crippen molar-refractivity contribution in [2.75, 3.05) is 0 Å². The normalized spacial score (nSPS) is 16.8. The van der Waals surface area contributed by atoms with Gasteiger partial charge in [-0.2, -0.15) is 0 Å². The van der Waals surface area contributed by atoms with Crippen molar-refractivity contribution in [2.45, 2.75) is 33.1 Å². The first-order valence-electron chi connectivity index (χ1n) is 8.29. The number of fused-ring (bicyclic) bond motifs is 1. The van der Waals surface area contributed by atoms with Gasteiger partial charge >= 0.3 is 5.69 Å². The van der Waals surface area contributed by atoms with Crippen molar-refractivity contribution in [1.29, 1.82) is 0 Å². The summed E-state index contributed by atoms with van der Waals surface area (Å²) in [5, 5.41) is 4.46. The van der Waals surface area contributed by atoms with E-state index >= 15 is 0 Å². The van der Waals surface area contributed by atoms with Crippen LogP contribution in [0.4, 0.5) is 0 Å². The van der Waals surface area contributed by atoms with Gasteiger partial charge in [0.25, 0.3) is 5.56 Å². The van der Waals surface area contributed by atoms with Crippen molar-refractivity contribution < 1.29 is 0 Å². The molecule has 0 atom stereocenters. The van der Waals surface area contributed by atoms with Gasteiger partial charge in [0.1, 0.15) is 0 Å². The maximum atomic E-state index is 12.1. The minimum atomic E-state index is -0.511. The average molecular weight is 337 g/mol. The molecule has 0 aromatic carbocycles. The Bertz CT molecular complexity index is 1100. The number of nitrogens with one attached hydrogen (secondary N) is 1. The molecule has 3 heterocycles. The lowest BCUT2D eigenvalue weighted by atomic mass is 9.76. The predicted molar refractivity (Wildman–Crippen MR) is 94.8 cm³/mol. The fourth-order valence-corrected chi connectivity index (χ4v) is 3.37. The van der Waals surface area contributed by atoms with Crippen LogP contribution in [-0.4, -0.2) is 24.1 Å². The Morgan fingerprint density at radius 1 is 1.24 bits per heavy atom. The van der Waals surface area contributed by atoms with E-state index in [-0.39, 0.29) is 5.41 Å². The van der Waals surface area contributed by atoms with Crippen LogP contribution in [0.25, 0.3) is 17.0 Å². The van der Waals surface area contributed by atoms with Gasteiger partial charge in [-0.05, 0) is 36.3 Å². The molecule has 3 aromatic rings. The molecular formula is C18H19N5O2. The molecule has 1 aliphatic carbocycles. The smallest absolute Gasteiger partial charge is 0.274 e. The molecule has 0 radical (unpaired) electrons. The highest BCUT2D eigenvalue weighted by Crippen LogP contribution is 2.40. The maximum absolute atomic E-state index is 12.1. The van der Waals surface area contributed by atoms with E-state index in [1.54, 1.807) is 16.9 Å². The Kier molecular flexibility index (Phi) is 3.45. The molecule has 0 fully saturated rings. The molecule has 1 aliphatic rings. The number of nitrogens with zero attached hydrogens (tertiary/aromatic N) is 4. The number of hydrogen-bond donors (Lipinski definition) is 1. The molecule has 0 saturated heterocycles. The molecule has 25 heavy (non-hydrogen) atoms. The van der Waals surface area contributed by atoms with Crippen LogP contribution in [-0.2, 0) is 0 Å². The summed E-state index contributed by atoms with van der Waals surface area (Å²) >= 11 is 0. The Morgan fingerprint density at radius 2 is 2.08 bits per heavy atom. The molecule has 4 rings (SSSR count). The van der Waals surface area contributed by atoms with Crippen molar-refractivity contribution in [3.63, 3.8) is 0 Å². The summed E-state index contributed by atoms with van der Waals surface area (Å²) < 4.78 is 3.00. The summed E-state index contributed by atoms with van der Waals surface area (Å²) in [6, 6.07) is 3.18. The Balaban J connectivity index is 1.93. The summed E-state index contributed by atoms with van der Waals surface area (Å²) in [6.45, 7) is 4.52.